The lowest BCUT2D eigenvalue weighted by molar-refractivity contribution is 0.0216. The summed E-state index contributed by atoms with van der Waals surface area (Å²) in [6.45, 7) is 17.3. The third kappa shape index (κ3) is 5.36. The van der Waals surface area contributed by atoms with Gasteiger partial charge in [0.2, 0.25) is 0 Å². The third-order valence-electron chi connectivity index (χ3n) is 7.30. The van der Waals surface area contributed by atoms with Gasteiger partial charge in [0.05, 0.1) is 6.10 Å². The standard InChI is InChI=1S/C31H41NO2/c1-9-31(10-2,25-11-13-27(22(4)16-25)24-15-21(3)18-32-19-24)26-12-14-28(23(5)17-26)34-20-29(33)30(6,7)8/h11-19,29,33H,9-10,20H2,1-8H3. The Morgan fingerprint density at radius 3 is 2.00 bits per heavy atom. The van der Waals surface area contributed by atoms with Crippen molar-refractivity contribution in [3.63, 3.8) is 0 Å². The van der Waals surface area contributed by atoms with Gasteiger partial charge in [-0.2, -0.15) is 0 Å². The SMILES string of the molecule is CCC(CC)(c1ccc(OCC(O)C(C)(C)C)c(C)c1)c1ccc(-c2cncc(C)c2)c(C)c1. The minimum absolute atomic E-state index is 0.0671. The highest BCUT2D eigenvalue weighted by molar-refractivity contribution is 5.68. The van der Waals surface area contributed by atoms with Gasteiger partial charge in [-0.25, -0.2) is 0 Å². The van der Waals surface area contributed by atoms with Crippen LogP contribution in [0.3, 0.4) is 0 Å². The molecule has 0 saturated heterocycles. The van der Waals surface area contributed by atoms with Gasteiger partial charge < -0.3 is 9.84 Å². The molecule has 0 bridgehead atoms. The number of aliphatic hydroxyl groups is 1. The first-order valence-electron chi connectivity index (χ1n) is 12.5. The number of nitrogens with zero attached hydrogens (tertiary/aromatic N) is 1. The van der Waals surface area contributed by atoms with E-state index in [9.17, 15) is 5.11 Å². The van der Waals surface area contributed by atoms with Crippen molar-refractivity contribution in [2.24, 2.45) is 5.41 Å². The van der Waals surface area contributed by atoms with Crippen LogP contribution < -0.4 is 4.74 Å². The second-order valence-electron chi connectivity index (χ2n) is 10.7. The van der Waals surface area contributed by atoms with Crippen LogP contribution in [0.25, 0.3) is 11.1 Å². The van der Waals surface area contributed by atoms with Gasteiger partial charge in [0.15, 0.2) is 0 Å². The van der Waals surface area contributed by atoms with Crippen molar-refractivity contribution in [2.45, 2.75) is 79.8 Å². The fourth-order valence-corrected chi connectivity index (χ4v) is 4.75. The number of aromatic nitrogens is 1. The Morgan fingerprint density at radius 1 is 0.853 bits per heavy atom. The molecule has 0 fully saturated rings. The number of benzene rings is 2. The Hall–Kier alpha value is -2.65. The predicted molar refractivity (Wildman–Crippen MR) is 143 cm³/mol. The average molecular weight is 460 g/mol. The van der Waals surface area contributed by atoms with Crippen molar-refractivity contribution >= 4 is 0 Å². The zero-order valence-corrected chi connectivity index (χ0v) is 22.2. The Kier molecular flexibility index (Phi) is 7.88. The highest BCUT2D eigenvalue weighted by Crippen LogP contribution is 2.41. The molecule has 1 N–H and O–H groups in total. The minimum atomic E-state index is -0.512. The highest BCUT2D eigenvalue weighted by Gasteiger charge is 2.31. The van der Waals surface area contributed by atoms with Crippen LogP contribution in [0.4, 0.5) is 0 Å². The monoisotopic (exact) mass is 459 g/mol. The molecule has 3 aromatic rings. The molecule has 0 aliphatic heterocycles. The van der Waals surface area contributed by atoms with E-state index in [0.717, 1.165) is 29.7 Å². The van der Waals surface area contributed by atoms with Crippen molar-refractivity contribution in [1.29, 1.82) is 0 Å². The maximum atomic E-state index is 10.4. The number of hydrogen-bond donors (Lipinski definition) is 1. The first-order valence-corrected chi connectivity index (χ1v) is 12.5. The molecule has 1 heterocycles. The molecule has 1 aromatic heterocycles. The summed E-state index contributed by atoms with van der Waals surface area (Å²) in [6, 6.07) is 15.6. The van der Waals surface area contributed by atoms with Gasteiger partial charge in [-0.15, -0.1) is 0 Å². The summed E-state index contributed by atoms with van der Waals surface area (Å²) in [5.41, 5.74) is 8.32. The third-order valence-corrected chi connectivity index (χ3v) is 7.30. The van der Waals surface area contributed by atoms with Gasteiger partial charge in [0.1, 0.15) is 12.4 Å². The van der Waals surface area contributed by atoms with E-state index in [2.05, 4.69) is 82.1 Å². The molecular formula is C31H41NO2. The molecule has 0 saturated carbocycles. The summed E-state index contributed by atoms with van der Waals surface area (Å²) in [7, 11) is 0. The Morgan fingerprint density at radius 2 is 1.47 bits per heavy atom. The van der Waals surface area contributed by atoms with E-state index in [4.69, 9.17) is 4.74 Å². The molecule has 0 aliphatic carbocycles. The number of hydrogen-bond acceptors (Lipinski definition) is 3. The molecule has 34 heavy (non-hydrogen) atoms. The molecule has 0 spiro atoms. The van der Waals surface area contributed by atoms with Crippen LogP contribution in [0, 0.1) is 26.2 Å². The molecule has 3 nitrogen and oxygen atoms in total. The Balaban J connectivity index is 1.94. The number of aryl methyl sites for hydroxylation is 3. The van der Waals surface area contributed by atoms with Crippen molar-refractivity contribution in [1.82, 2.24) is 4.98 Å². The maximum absolute atomic E-state index is 10.4. The van der Waals surface area contributed by atoms with Crippen LogP contribution in [0.1, 0.15) is 75.3 Å². The van der Waals surface area contributed by atoms with E-state index in [0.29, 0.717) is 6.61 Å². The number of ether oxygens (including phenoxy) is 1. The van der Waals surface area contributed by atoms with Gasteiger partial charge in [-0.05, 0) is 84.5 Å². The molecule has 3 heteroatoms. The lowest BCUT2D eigenvalue weighted by Gasteiger charge is -2.34. The quantitative estimate of drug-likeness (QED) is 0.378. The second-order valence-corrected chi connectivity index (χ2v) is 10.7. The molecule has 0 radical (unpaired) electrons. The molecule has 1 atom stereocenters. The Bertz CT molecular complexity index is 1120. The molecule has 2 aromatic carbocycles. The highest BCUT2D eigenvalue weighted by atomic mass is 16.5. The van der Waals surface area contributed by atoms with Crippen LogP contribution in [-0.2, 0) is 5.41 Å². The second kappa shape index (κ2) is 10.3. The summed E-state index contributed by atoms with van der Waals surface area (Å²) < 4.78 is 6.00. The number of pyridine rings is 1. The lowest BCUT2D eigenvalue weighted by atomic mass is 9.69. The molecule has 182 valence electrons. The van der Waals surface area contributed by atoms with Crippen LogP contribution >= 0.6 is 0 Å². The van der Waals surface area contributed by atoms with E-state index in [-0.39, 0.29) is 10.8 Å². The summed E-state index contributed by atoms with van der Waals surface area (Å²) in [6.07, 6.45) is 5.35. The molecular weight excluding hydrogens is 418 g/mol. The first-order chi connectivity index (χ1) is 16.0. The van der Waals surface area contributed by atoms with Gasteiger partial charge in [-0.1, -0.05) is 65.0 Å². The molecule has 0 aliphatic rings. The summed E-state index contributed by atoms with van der Waals surface area (Å²) in [5.74, 6) is 0.839. The van der Waals surface area contributed by atoms with Gasteiger partial charge in [0.25, 0.3) is 0 Å². The minimum Gasteiger partial charge on any atom is -0.491 e. The van der Waals surface area contributed by atoms with Crippen LogP contribution in [0.5, 0.6) is 5.75 Å². The van der Waals surface area contributed by atoms with Crippen LogP contribution in [-0.4, -0.2) is 22.8 Å². The lowest BCUT2D eigenvalue weighted by Crippen LogP contribution is -2.32. The van der Waals surface area contributed by atoms with Crippen LogP contribution in [0.2, 0.25) is 0 Å². The smallest absolute Gasteiger partial charge is 0.122 e. The summed E-state index contributed by atoms with van der Waals surface area (Å²) in [4.78, 5) is 4.38. The summed E-state index contributed by atoms with van der Waals surface area (Å²) in [5, 5.41) is 10.4. The first kappa shape index (κ1) is 26.0. The van der Waals surface area contributed by atoms with Crippen LogP contribution in [0.15, 0.2) is 54.9 Å². The van der Waals surface area contributed by atoms with E-state index in [1.54, 1.807) is 0 Å². The Labute approximate surface area is 206 Å². The van der Waals surface area contributed by atoms with Crippen molar-refractivity contribution < 1.29 is 9.84 Å². The zero-order chi connectivity index (χ0) is 25.1. The number of aliphatic hydroxyl groups excluding tert-OH is 1. The van der Waals surface area contributed by atoms with E-state index in [1.165, 1.54) is 27.8 Å². The van der Waals surface area contributed by atoms with Crippen molar-refractivity contribution in [3.8, 4) is 16.9 Å². The van der Waals surface area contributed by atoms with Crippen molar-refractivity contribution in [2.75, 3.05) is 6.61 Å². The van der Waals surface area contributed by atoms with Gasteiger partial charge in [0, 0.05) is 23.4 Å². The predicted octanol–water partition coefficient (Wildman–Crippen LogP) is 7.57. The van der Waals surface area contributed by atoms with Crippen molar-refractivity contribution in [3.05, 3.63) is 82.7 Å². The fourth-order valence-electron chi connectivity index (χ4n) is 4.75. The maximum Gasteiger partial charge on any atom is 0.122 e. The average Bonchev–Trinajstić information content (AvgIpc) is 2.79. The summed E-state index contributed by atoms with van der Waals surface area (Å²) >= 11 is 0. The molecule has 1 unspecified atom stereocenters. The topological polar surface area (TPSA) is 42.4 Å². The van der Waals surface area contributed by atoms with E-state index < -0.39 is 6.10 Å². The normalized spacial score (nSPS) is 13.1. The largest absolute Gasteiger partial charge is 0.491 e. The number of rotatable bonds is 8. The fraction of sp³-hybridized carbons (Fsp3) is 0.452. The van der Waals surface area contributed by atoms with E-state index in [1.807, 2.05) is 33.2 Å². The van der Waals surface area contributed by atoms with E-state index >= 15 is 0 Å². The zero-order valence-electron chi connectivity index (χ0n) is 22.2. The molecule has 3 rings (SSSR count). The van der Waals surface area contributed by atoms with Gasteiger partial charge >= 0.3 is 0 Å². The van der Waals surface area contributed by atoms with Gasteiger partial charge in [-0.3, -0.25) is 4.98 Å². The molecule has 0 amide bonds.